The Hall–Kier alpha value is -2.07. The average molecular weight is 286 g/mol. The molecule has 0 saturated carbocycles. The lowest BCUT2D eigenvalue weighted by molar-refractivity contribution is 0.245. The van der Waals surface area contributed by atoms with E-state index in [1.54, 1.807) is 12.1 Å². The zero-order valence-electron chi connectivity index (χ0n) is 11.9. The van der Waals surface area contributed by atoms with Crippen molar-refractivity contribution in [1.82, 2.24) is 4.90 Å². The van der Waals surface area contributed by atoms with Gasteiger partial charge in [0.15, 0.2) is 11.6 Å². The van der Waals surface area contributed by atoms with Crippen LogP contribution in [0.25, 0.3) is 0 Å². The van der Waals surface area contributed by atoms with Crippen LogP contribution in [0.4, 0.5) is 10.1 Å². The molecule has 4 heteroatoms. The van der Waals surface area contributed by atoms with Crippen LogP contribution in [0.3, 0.4) is 0 Å². The molecule has 1 fully saturated rings. The first-order valence-corrected chi connectivity index (χ1v) is 7.23. The molecule has 2 aromatic carbocycles. The molecular formula is C17H19FN2O. The third-order valence-corrected chi connectivity index (χ3v) is 3.96. The van der Waals surface area contributed by atoms with Crippen molar-refractivity contribution in [1.29, 1.82) is 0 Å². The predicted molar refractivity (Wildman–Crippen MR) is 82.0 cm³/mol. The Morgan fingerprint density at radius 3 is 2.33 bits per heavy atom. The second kappa shape index (κ2) is 6.14. The minimum absolute atomic E-state index is 0.219. The van der Waals surface area contributed by atoms with Gasteiger partial charge in [0, 0.05) is 44.0 Å². The van der Waals surface area contributed by atoms with Crippen LogP contribution in [0.2, 0.25) is 0 Å². The van der Waals surface area contributed by atoms with E-state index in [2.05, 4.69) is 21.9 Å². The number of anilines is 1. The number of para-hydroxylation sites is 2. The average Bonchev–Trinajstić information content (AvgIpc) is 2.53. The largest absolute Gasteiger partial charge is 0.505 e. The Labute approximate surface area is 124 Å². The van der Waals surface area contributed by atoms with Gasteiger partial charge in [0.1, 0.15) is 0 Å². The lowest BCUT2D eigenvalue weighted by Crippen LogP contribution is -2.45. The van der Waals surface area contributed by atoms with Gasteiger partial charge in [0.25, 0.3) is 0 Å². The summed E-state index contributed by atoms with van der Waals surface area (Å²) >= 11 is 0. The molecule has 0 aromatic heterocycles. The highest BCUT2D eigenvalue weighted by atomic mass is 19.1. The van der Waals surface area contributed by atoms with Crippen molar-refractivity contribution < 1.29 is 9.50 Å². The Bertz CT molecular complexity index is 595. The quantitative estimate of drug-likeness (QED) is 0.940. The first-order valence-electron chi connectivity index (χ1n) is 7.23. The highest BCUT2D eigenvalue weighted by molar-refractivity contribution is 5.46. The summed E-state index contributed by atoms with van der Waals surface area (Å²) in [7, 11) is 0. The third kappa shape index (κ3) is 3.16. The molecule has 0 atom stereocenters. The Balaban J connectivity index is 1.60. The SMILES string of the molecule is Oc1c(F)cccc1CN1CCN(c2ccccc2)CC1. The molecule has 110 valence electrons. The van der Waals surface area contributed by atoms with E-state index in [1.165, 1.54) is 11.8 Å². The Morgan fingerprint density at radius 2 is 1.62 bits per heavy atom. The van der Waals surface area contributed by atoms with Crippen molar-refractivity contribution >= 4 is 5.69 Å². The monoisotopic (exact) mass is 286 g/mol. The first kappa shape index (κ1) is 13.9. The lowest BCUT2D eigenvalue weighted by atomic mass is 10.1. The molecule has 1 N–H and O–H groups in total. The van der Waals surface area contributed by atoms with Crippen LogP contribution in [0.15, 0.2) is 48.5 Å². The first-order chi connectivity index (χ1) is 10.2. The van der Waals surface area contributed by atoms with Crippen LogP contribution in [-0.4, -0.2) is 36.2 Å². The van der Waals surface area contributed by atoms with E-state index in [0.29, 0.717) is 12.1 Å². The number of rotatable bonds is 3. The van der Waals surface area contributed by atoms with Gasteiger partial charge in [0.2, 0.25) is 0 Å². The maximum absolute atomic E-state index is 13.3. The predicted octanol–water partition coefficient (Wildman–Crippen LogP) is 2.85. The number of nitrogens with zero attached hydrogens (tertiary/aromatic N) is 2. The van der Waals surface area contributed by atoms with Crippen LogP contribution in [-0.2, 0) is 6.54 Å². The van der Waals surface area contributed by atoms with E-state index in [9.17, 15) is 9.50 Å². The van der Waals surface area contributed by atoms with E-state index >= 15 is 0 Å². The minimum Gasteiger partial charge on any atom is -0.505 e. The van der Waals surface area contributed by atoms with Crippen molar-refractivity contribution in [3.05, 3.63) is 59.9 Å². The number of halogens is 1. The van der Waals surface area contributed by atoms with Gasteiger partial charge in [0.05, 0.1) is 0 Å². The summed E-state index contributed by atoms with van der Waals surface area (Å²) in [5.41, 5.74) is 1.90. The van der Waals surface area contributed by atoms with E-state index in [-0.39, 0.29) is 5.75 Å². The molecule has 2 aromatic rings. The second-order valence-electron chi connectivity index (χ2n) is 5.35. The fourth-order valence-electron chi connectivity index (χ4n) is 2.73. The third-order valence-electron chi connectivity index (χ3n) is 3.96. The molecule has 0 radical (unpaired) electrons. The number of hydrogen-bond acceptors (Lipinski definition) is 3. The normalized spacial score (nSPS) is 16.1. The molecule has 21 heavy (non-hydrogen) atoms. The molecule has 0 aliphatic carbocycles. The fraction of sp³-hybridized carbons (Fsp3) is 0.294. The summed E-state index contributed by atoms with van der Waals surface area (Å²) < 4.78 is 13.3. The standard InChI is InChI=1S/C17H19FN2O/c18-16-8-4-5-14(17(16)21)13-19-9-11-20(12-10-19)15-6-2-1-3-7-15/h1-8,21H,9-13H2. The number of aromatic hydroxyl groups is 1. The number of hydrogen-bond donors (Lipinski definition) is 1. The van der Waals surface area contributed by atoms with Gasteiger partial charge in [-0.25, -0.2) is 4.39 Å². The van der Waals surface area contributed by atoms with Crippen molar-refractivity contribution in [2.75, 3.05) is 31.1 Å². The van der Waals surface area contributed by atoms with E-state index in [0.717, 1.165) is 26.2 Å². The van der Waals surface area contributed by atoms with Gasteiger partial charge in [-0.1, -0.05) is 30.3 Å². The van der Waals surface area contributed by atoms with Gasteiger partial charge in [-0.05, 0) is 18.2 Å². The Kier molecular flexibility index (Phi) is 4.06. The smallest absolute Gasteiger partial charge is 0.165 e. The number of phenolic OH excluding ortho intramolecular Hbond substituents is 1. The fourth-order valence-corrected chi connectivity index (χ4v) is 2.73. The molecule has 3 nitrogen and oxygen atoms in total. The molecule has 1 saturated heterocycles. The highest BCUT2D eigenvalue weighted by Gasteiger charge is 2.18. The van der Waals surface area contributed by atoms with Crippen LogP contribution in [0.1, 0.15) is 5.56 Å². The van der Waals surface area contributed by atoms with E-state index in [4.69, 9.17) is 0 Å². The van der Waals surface area contributed by atoms with Crippen LogP contribution >= 0.6 is 0 Å². The maximum atomic E-state index is 13.3. The summed E-state index contributed by atoms with van der Waals surface area (Å²) in [6.45, 7) is 4.29. The molecule has 0 spiro atoms. The number of piperazine rings is 1. The van der Waals surface area contributed by atoms with Gasteiger partial charge >= 0.3 is 0 Å². The van der Waals surface area contributed by atoms with E-state index in [1.807, 2.05) is 18.2 Å². The van der Waals surface area contributed by atoms with Gasteiger partial charge in [-0.3, -0.25) is 4.90 Å². The molecule has 1 aliphatic heterocycles. The number of phenols is 1. The Morgan fingerprint density at radius 1 is 0.905 bits per heavy atom. The van der Waals surface area contributed by atoms with E-state index < -0.39 is 5.82 Å². The highest BCUT2D eigenvalue weighted by Crippen LogP contribution is 2.23. The summed E-state index contributed by atoms with van der Waals surface area (Å²) in [5, 5.41) is 9.75. The summed E-state index contributed by atoms with van der Waals surface area (Å²) in [4.78, 5) is 4.59. The van der Waals surface area contributed by atoms with Gasteiger partial charge < -0.3 is 10.0 Å². The molecule has 1 heterocycles. The topological polar surface area (TPSA) is 26.7 Å². The molecule has 3 rings (SSSR count). The summed E-state index contributed by atoms with van der Waals surface area (Å²) in [6, 6.07) is 15.1. The maximum Gasteiger partial charge on any atom is 0.165 e. The van der Waals surface area contributed by atoms with Crippen LogP contribution < -0.4 is 4.90 Å². The van der Waals surface area contributed by atoms with Gasteiger partial charge in [-0.15, -0.1) is 0 Å². The van der Waals surface area contributed by atoms with Crippen LogP contribution in [0, 0.1) is 5.82 Å². The van der Waals surface area contributed by atoms with Crippen LogP contribution in [0.5, 0.6) is 5.75 Å². The van der Waals surface area contributed by atoms with Crippen molar-refractivity contribution in [2.24, 2.45) is 0 Å². The zero-order valence-corrected chi connectivity index (χ0v) is 11.9. The summed E-state index contributed by atoms with van der Waals surface area (Å²) in [5.74, 6) is -0.765. The van der Waals surface area contributed by atoms with Crippen molar-refractivity contribution in [2.45, 2.75) is 6.54 Å². The van der Waals surface area contributed by atoms with Crippen molar-refractivity contribution in [3.63, 3.8) is 0 Å². The molecule has 0 bridgehead atoms. The molecule has 0 amide bonds. The number of benzene rings is 2. The lowest BCUT2D eigenvalue weighted by Gasteiger charge is -2.36. The molecule has 1 aliphatic rings. The van der Waals surface area contributed by atoms with Gasteiger partial charge in [-0.2, -0.15) is 0 Å². The van der Waals surface area contributed by atoms with Crippen molar-refractivity contribution in [3.8, 4) is 5.75 Å². The molecule has 0 unspecified atom stereocenters. The molecular weight excluding hydrogens is 267 g/mol. The summed E-state index contributed by atoms with van der Waals surface area (Å²) in [6.07, 6.45) is 0. The minimum atomic E-state index is -0.546. The second-order valence-corrected chi connectivity index (χ2v) is 5.35. The zero-order chi connectivity index (χ0) is 14.7.